The topological polar surface area (TPSA) is 24.5 Å². The largest absolute Gasteiger partial charge is 0.381 e. The molecular formula is C17H36N2O. The van der Waals surface area contributed by atoms with Crippen molar-refractivity contribution in [1.82, 2.24) is 10.2 Å². The maximum absolute atomic E-state index is 5.83. The molecule has 0 radical (unpaired) electrons. The third-order valence-electron chi connectivity index (χ3n) is 4.64. The minimum absolute atomic E-state index is 0.173. The molecule has 0 saturated carbocycles. The fourth-order valence-electron chi connectivity index (χ4n) is 2.86. The van der Waals surface area contributed by atoms with Gasteiger partial charge in [0.25, 0.3) is 0 Å². The Kier molecular flexibility index (Phi) is 6.49. The van der Waals surface area contributed by atoms with Crippen molar-refractivity contribution in [2.24, 2.45) is 11.3 Å². The Hall–Kier alpha value is -0.120. The molecule has 0 spiro atoms. The highest BCUT2D eigenvalue weighted by atomic mass is 16.5. The summed E-state index contributed by atoms with van der Waals surface area (Å²) in [7, 11) is 2.26. The highest BCUT2D eigenvalue weighted by molar-refractivity contribution is 4.90. The van der Waals surface area contributed by atoms with E-state index in [4.69, 9.17) is 4.74 Å². The number of nitrogens with zero attached hydrogens (tertiary/aromatic N) is 1. The smallest absolute Gasteiger partial charge is 0.0546 e. The maximum atomic E-state index is 5.83. The van der Waals surface area contributed by atoms with Crippen LogP contribution in [0.25, 0.3) is 0 Å². The number of ether oxygens (including phenoxy) is 1. The van der Waals surface area contributed by atoms with Crippen LogP contribution >= 0.6 is 0 Å². The van der Waals surface area contributed by atoms with Gasteiger partial charge in [0.05, 0.1) is 6.61 Å². The Morgan fingerprint density at radius 1 is 1.25 bits per heavy atom. The van der Waals surface area contributed by atoms with Gasteiger partial charge in [0, 0.05) is 36.7 Å². The van der Waals surface area contributed by atoms with Crippen LogP contribution in [0.5, 0.6) is 0 Å². The Bertz CT molecular complexity index is 277. The molecule has 3 nitrogen and oxygen atoms in total. The van der Waals surface area contributed by atoms with Gasteiger partial charge in [-0.25, -0.2) is 0 Å². The average molecular weight is 284 g/mol. The highest BCUT2D eigenvalue weighted by Gasteiger charge is 2.36. The van der Waals surface area contributed by atoms with Gasteiger partial charge in [-0.3, -0.25) is 0 Å². The molecule has 0 aliphatic carbocycles. The van der Waals surface area contributed by atoms with Gasteiger partial charge in [-0.1, -0.05) is 13.8 Å². The van der Waals surface area contributed by atoms with E-state index in [0.717, 1.165) is 26.3 Å². The Morgan fingerprint density at radius 3 is 2.35 bits per heavy atom. The summed E-state index contributed by atoms with van der Waals surface area (Å²) in [6, 6.07) is 0.614. The Morgan fingerprint density at radius 2 is 1.90 bits per heavy atom. The normalized spacial score (nSPS) is 26.2. The SMILES string of the molecule is CC(C)C(C)N(C)CC1(CNC(C)(C)C)CCCOC1. The summed E-state index contributed by atoms with van der Waals surface area (Å²) >= 11 is 0. The molecule has 20 heavy (non-hydrogen) atoms. The molecule has 1 aliphatic rings. The Labute approximate surface area is 126 Å². The molecule has 1 N–H and O–H groups in total. The van der Waals surface area contributed by atoms with Crippen LogP contribution < -0.4 is 5.32 Å². The summed E-state index contributed by atoms with van der Waals surface area (Å²) in [5, 5.41) is 3.70. The van der Waals surface area contributed by atoms with Crippen molar-refractivity contribution in [3.8, 4) is 0 Å². The number of hydrogen-bond acceptors (Lipinski definition) is 3. The monoisotopic (exact) mass is 284 g/mol. The molecule has 3 heteroatoms. The first kappa shape index (κ1) is 17.9. The third kappa shape index (κ3) is 5.71. The Balaban J connectivity index is 2.68. The maximum Gasteiger partial charge on any atom is 0.0546 e. The quantitative estimate of drug-likeness (QED) is 0.811. The van der Waals surface area contributed by atoms with Crippen molar-refractivity contribution in [2.45, 2.75) is 66.0 Å². The fraction of sp³-hybridized carbons (Fsp3) is 1.00. The molecule has 1 heterocycles. The summed E-state index contributed by atoms with van der Waals surface area (Å²) < 4.78 is 5.83. The first-order chi connectivity index (χ1) is 9.15. The zero-order chi connectivity index (χ0) is 15.4. The minimum Gasteiger partial charge on any atom is -0.381 e. The molecule has 0 aromatic rings. The van der Waals surface area contributed by atoms with E-state index in [-0.39, 0.29) is 11.0 Å². The number of nitrogens with one attached hydrogen (secondary N) is 1. The van der Waals surface area contributed by atoms with E-state index >= 15 is 0 Å². The van der Waals surface area contributed by atoms with Crippen LogP contribution in [-0.2, 0) is 4.74 Å². The summed E-state index contributed by atoms with van der Waals surface area (Å²) in [6.07, 6.45) is 2.46. The van der Waals surface area contributed by atoms with Gasteiger partial charge >= 0.3 is 0 Å². The van der Waals surface area contributed by atoms with E-state index in [0.29, 0.717) is 12.0 Å². The zero-order valence-electron chi connectivity index (χ0n) is 14.8. The third-order valence-corrected chi connectivity index (χ3v) is 4.64. The van der Waals surface area contributed by atoms with Gasteiger partial charge in [-0.15, -0.1) is 0 Å². The fourth-order valence-corrected chi connectivity index (χ4v) is 2.86. The average Bonchev–Trinajstić information content (AvgIpc) is 2.36. The highest BCUT2D eigenvalue weighted by Crippen LogP contribution is 2.30. The minimum atomic E-state index is 0.173. The lowest BCUT2D eigenvalue weighted by Crippen LogP contribution is -2.53. The van der Waals surface area contributed by atoms with Crippen LogP contribution in [0.1, 0.15) is 54.4 Å². The molecule has 1 rings (SSSR count). The lowest BCUT2D eigenvalue weighted by atomic mass is 9.80. The number of rotatable bonds is 6. The van der Waals surface area contributed by atoms with Crippen molar-refractivity contribution >= 4 is 0 Å². The second-order valence-corrected chi connectivity index (χ2v) is 8.16. The molecule has 2 unspecified atom stereocenters. The van der Waals surface area contributed by atoms with Crippen molar-refractivity contribution in [2.75, 3.05) is 33.4 Å². The lowest BCUT2D eigenvalue weighted by molar-refractivity contribution is -0.0323. The van der Waals surface area contributed by atoms with E-state index in [1.54, 1.807) is 0 Å². The van der Waals surface area contributed by atoms with Crippen LogP contribution in [0.3, 0.4) is 0 Å². The summed E-state index contributed by atoms with van der Waals surface area (Å²) in [6.45, 7) is 17.7. The molecular weight excluding hydrogens is 248 g/mol. The molecule has 0 bridgehead atoms. The van der Waals surface area contributed by atoms with Gasteiger partial charge in [0.1, 0.15) is 0 Å². The van der Waals surface area contributed by atoms with E-state index in [9.17, 15) is 0 Å². The van der Waals surface area contributed by atoms with Crippen molar-refractivity contribution in [3.63, 3.8) is 0 Å². The zero-order valence-corrected chi connectivity index (χ0v) is 14.8. The van der Waals surface area contributed by atoms with E-state index in [2.05, 4.69) is 58.8 Å². The van der Waals surface area contributed by atoms with Gasteiger partial charge in [0.2, 0.25) is 0 Å². The summed E-state index contributed by atoms with van der Waals surface area (Å²) in [4.78, 5) is 2.52. The first-order valence-corrected chi connectivity index (χ1v) is 8.18. The van der Waals surface area contributed by atoms with E-state index in [1.807, 2.05) is 0 Å². The van der Waals surface area contributed by atoms with Gasteiger partial charge in [0.15, 0.2) is 0 Å². The van der Waals surface area contributed by atoms with Crippen molar-refractivity contribution in [1.29, 1.82) is 0 Å². The van der Waals surface area contributed by atoms with Crippen LogP contribution in [0.2, 0.25) is 0 Å². The summed E-state index contributed by atoms with van der Waals surface area (Å²) in [5.74, 6) is 0.692. The molecule has 0 aromatic carbocycles. The molecule has 1 saturated heterocycles. The number of hydrogen-bond donors (Lipinski definition) is 1. The standard InChI is InChI=1S/C17H36N2O/c1-14(2)15(3)19(7)12-17(9-8-10-20-13-17)11-18-16(4,5)6/h14-15,18H,8-13H2,1-7H3. The molecule has 1 fully saturated rings. The predicted molar refractivity (Wildman–Crippen MR) is 87.2 cm³/mol. The van der Waals surface area contributed by atoms with Crippen LogP contribution in [0, 0.1) is 11.3 Å². The second-order valence-electron chi connectivity index (χ2n) is 8.16. The van der Waals surface area contributed by atoms with Crippen molar-refractivity contribution in [3.05, 3.63) is 0 Å². The van der Waals surface area contributed by atoms with Crippen LogP contribution in [0.4, 0.5) is 0 Å². The molecule has 1 aliphatic heterocycles. The molecule has 0 aromatic heterocycles. The van der Waals surface area contributed by atoms with Crippen molar-refractivity contribution < 1.29 is 4.74 Å². The summed E-state index contributed by atoms with van der Waals surface area (Å²) in [5.41, 5.74) is 0.441. The van der Waals surface area contributed by atoms with Gasteiger partial charge in [-0.05, 0) is 53.5 Å². The first-order valence-electron chi connectivity index (χ1n) is 8.18. The predicted octanol–water partition coefficient (Wildman–Crippen LogP) is 3.15. The van der Waals surface area contributed by atoms with Gasteiger partial charge in [-0.2, -0.15) is 0 Å². The van der Waals surface area contributed by atoms with Crippen LogP contribution in [-0.4, -0.2) is 49.8 Å². The van der Waals surface area contributed by atoms with E-state index < -0.39 is 0 Å². The molecule has 120 valence electrons. The molecule has 2 atom stereocenters. The van der Waals surface area contributed by atoms with Gasteiger partial charge < -0.3 is 15.0 Å². The lowest BCUT2D eigenvalue weighted by Gasteiger charge is -2.43. The second kappa shape index (κ2) is 7.24. The van der Waals surface area contributed by atoms with Crippen LogP contribution in [0.15, 0.2) is 0 Å². The molecule has 0 amide bonds. The van der Waals surface area contributed by atoms with E-state index in [1.165, 1.54) is 12.8 Å².